The minimum Gasteiger partial charge on any atom is -0.284 e. The number of hydrogen-bond donors (Lipinski definition) is 1. The Morgan fingerprint density at radius 1 is 1.25 bits per heavy atom. The van der Waals surface area contributed by atoms with Crippen LogP contribution in [0.4, 0.5) is 0 Å². The van der Waals surface area contributed by atoms with E-state index in [1.165, 1.54) is 27.7 Å². The second-order valence-corrected chi connectivity index (χ2v) is 3.96. The lowest BCUT2D eigenvalue weighted by molar-refractivity contribution is -0.291. The molecule has 0 spiro atoms. The molecule has 1 fully saturated rings. The lowest BCUT2D eigenvalue weighted by Gasteiger charge is -2.29. The maximum absolute atomic E-state index is 11.5. The summed E-state index contributed by atoms with van der Waals surface area (Å²) in [4.78, 5) is 11.3. The minimum absolute atomic E-state index is 0.486. The van der Waals surface area contributed by atoms with Gasteiger partial charge in [0.05, 0.1) is 0 Å². The number of carbonyl (C=O) groups excluding carboxylic acids is 1. The Kier molecular flexibility index (Phi) is 1.72. The van der Waals surface area contributed by atoms with Crippen molar-refractivity contribution in [2.45, 2.75) is 38.9 Å². The first kappa shape index (κ1) is 9.44. The molecule has 5 nitrogen and oxygen atoms in total. The van der Waals surface area contributed by atoms with Gasteiger partial charge in [-0.25, -0.2) is 5.06 Å². The van der Waals surface area contributed by atoms with Gasteiger partial charge in [0.25, 0.3) is 5.91 Å². The molecule has 1 aliphatic heterocycles. The average Bonchev–Trinajstić information content (AvgIpc) is 2.06. The molecule has 0 saturated carbocycles. The van der Waals surface area contributed by atoms with Crippen molar-refractivity contribution in [1.29, 1.82) is 0 Å². The Hall–Kier alpha value is -0.650. The summed E-state index contributed by atoms with van der Waals surface area (Å²) in [5, 5.41) is 21.8. The van der Waals surface area contributed by atoms with E-state index in [1.807, 2.05) is 0 Å². The molecular weight excluding hydrogens is 160 g/mol. The van der Waals surface area contributed by atoms with Crippen LogP contribution in [0.1, 0.15) is 27.7 Å². The molecule has 5 heteroatoms. The minimum atomic E-state index is -1.17. The monoisotopic (exact) mass is 173 g/mol. The van der Waals surface area contributed by atoms with E-state index in [4.69, 9.17) is 0 Å². The van der Waals surface area contributed by atoms with Crippen LogP contribution in [0.2, 0.25) is 0 Å². The van der Waals surface area contributed by atoms with Crippen LogP contribution in [0.25, 0.3) is 0 Å². The molecule has 1 saturated heterocycles. The van der Waals surface area contributed by atoms with E-state index in [0.717, 1.165) is 0 Å². The largest absolute Gasteiger partial charge is 0.284 e. The summed E-state index contributed by atoms with van der Waals surface area (Å²) in [6.07, 6.45) is 0. The summed E-state index contributed by atoms with van der Waals surface area (Å²) in [5.41, 5.74) is -2.33. The molecule has 1 heterocycles. The van der Waals surface area contributed by atoms with Crippen LogP contribution in [0.15, 0.2) is 0 Å². The highest BCUT2D eigenvalue weighted by Crippen LogP contribution is 2.35. The van der Waals surface area contributed by atoms with Crippen molar-refractivity contribution in [2.24, 2.45) is 0 Å². The lowest BCUT2D eigenvalue weighted by atomic mass is 10.1. The van der Waals surface area contributed by atoms with Crippen LogP contribution < -0.4 is 0 Å². The van der Waals surface area contributed by atoms with Crippen molar-refractivity contribution in [3.8, 4) is 0 Å². The smallest absolute Gasteiger partial charge is 0.270 e. The predicted octanol–water partition coefficient (Wildman–Crippen LogP) is 0.380. The summed E-state index contributed by atoms with van der Waals surface area (Å²) >= 11 is 0. The van der Waals surface area contributed by atoms with E-state index in [0.29, 0.717) is 10.1 Å². The molecule has 0 aliphatic carbocycles. The second-order valence-electron chi connectivity index (χ2n) is 3.96. The molecule has 1 rings (SSSR count). The van der Waals surface area contributed by atoms with Crippen LogP contribution in [0.5, 0.6) is 0 Å². The first-order valence-corrected chi connectivity index (χ1v) is 3.73. The van der Waals surface area contributed by atoms with Crippen LogP contribution in [0, 0.1) is 0 Å². The number of nitrogens with zero attached hydrogens (tertiary/aromatic N) is 2. The first-order chi connectivity index (χ1) is 5.22. The van der Waals surface area contributed by atoms with E-state index in [-0.39, 0.29) is 0 Å². The van der Waals surface area contributed by atoms with Gasteiger partial charge in [0.15, 0.2) is 0 Å². The number of rotatable bonds is 0. The molecule has 0 aromatic heterocycles. The molecule has 12 heavy (non-hydrogen) atoms. The molecule has 69 valence electrons. The molecule has 1 amide bonds. The van der Waals surface area contributed by atoms with E-state index in [2.05, 4.69) is 0 Å². The number of amides is 1. The lowest BCUT2D eigenvalue weighted by Crippen LogP contribution is -2.48. The zero-order valence-corrected chi connectivity index (χ0v) is 7.66. The molecule has 1 radical (unpaired) electrons. The van der Waals surface area contributed by atoms with Gasteiger partial charge in [0, 0.05) is 0 Å². The summed E-state index contributed by atoms with van der Waals surface area (Å²) < 4.78 is 0. The Bertz CT molecular complexity index is 225. The third-order valence-corrected chi connectivity index (χ3v) is 2.24. The SMILES string of the molecule is CC1(C)C(=O)N(O)C(C)(C)N1[O]. The van der Waals surface area contributed by atoms with E-state index in [1.54, 1.807) is 0 Å². The molecule has 1 N–H and O–H groups in total. The summed E-state index contributed by atoms with van der Waals surface area (Å²) in [6.45, 7) is 5.96. The van der Waals surface area contributed by atoms with Gasteiger partial charge in [-0.1, -0.05) is 0 Å². The van der Waals surface area contributed by atoms with E-state index >= 15 is 0 Å². The van der Waals surface area contributed by atoms with Crippen molar-refractivity contribution in [3.63, 3.8) is 0 Å². The summed E-state index contributed by atoms with van der Waals surface area (Å²) in [5.74, 6) is -0.567. The quantitative estimate of drug-likeness (QED) is 0.538. The van der Waals surface area contributed by atoms with Crippen molar-refractivity contribution in [3.05, 3.63) is 0 Å². The molecule has 0 bridgehead atoms. The van der Waals surface area contributed by atoms with Gasteiger partial charge < -0.3 is 0 Å². The van der Waals surface area contributed by atoms with Crippen LogP contribution in [0.3, 0.4) is 0 Å². The highest BCUT2D eigenvalue weighted by atomic mass is 16.6. The maximum atomic E-state index is 11.5. The standard InChI is InChI=1S/C7H13N2O3/c1-6(2)5(10)8(11)7(3,4)9(6)12/h11H,1-4H3. The van der Waals surface area contributed by atoms with Gasteiger partial charge in [0.2, 0.25) is 0 Å². The van der Waals surface area contributed by atoms with Crippen molar-refractivity contribution in [2.75, 3.05) is 0 Å². The van der Waals surface area contributed by atoms with Gasteiger partial charge in [0.1, 0.15) is 11.2 Å². The van der Waals surface area contributed by atoms with E-state index in [9.17, 15) is 15.2 Å². The first-order valence-electron chi connectivity index (χ1n) is 3.73. The van der Waals surface area contributed by atoms with Gasteiger partial charge in [-0.05, 0) is 27.7 Å². The molecule has 0 aromatic carbocycles. The normalized spacial score (nSPS) is 28.2. The van der Waals surface area contributed by atoms with Crippen molar-refractivity contribution in [1.82, 2.24) is 10.1 Å². The van der Waals surface area contributed by atoms with Crippen LogP contribution in [-0.2, 0) is 10.0 Å². The predicted molar refractivity (Wildman–Crippen MR) is 39.3 cm³/mol. The highest BCUT2D eigenvalue weighted by Gasteiger charge is 2.57. The highest BCUT2D eigenvalue weighted by molar-refractivity contribution is 5.87. The molecular formula is C7H13N2O3. The zero-order chi connectivity index (χ0) is 9.73. The Morgan fingerprint density at radius 2 is 1.67 bits per heavy atom. The number of hydrogen-bond acceptors (Lipinski definition) is 3. The van der Waals surface area contributed by atoms with Crippen molar-refractivity contribution < 1.29 is 15.2 Å². The average molecular weight is 173 g/mol. The Morgan fingerprint density at radius 3 is 1.75 bits per heavy atom. The van der Waals surface area contributed by atoms with Crippen molar-refractivity contribution >= 4 is 5.91 Å². The molecule has 0 aromatic rings. The van der Waals surface area contributed by atoms with E-state index < -0.39 is 17.1 Å². The second kappa shape index (κ2) is 2.18. The van der Waals surface area contributed by atoms with Gasteiger partial charge >= 0.3 is 0 Å². The van der Waals surface area contributed by atoms with Gasteiger partial charge in [-0.3, -0.25) is 10.0 Å². The molecule has 1 aliphatic rings. The number of carbonyl (C=O) groups is 1. The Balaban J connectivity index is 3.12. The van der Waals surface area contributed by atoms with Gasteiger partial charge in [-0.15, -0.1) is 10.3 Å². The fourth-order valence-corrected chi connectivity index (χ4v) is 1.36. The third-order valence-electron chi connectivity index (χ3n) is 2.24. The maximum Gasteiger partial charge on any atom is 0.270 e. The number of hydroxylamine groups is 4. The summed E-state index contributed by atoms with van der Waals surface area (Å²) in [6, 6.07) is 0. The zero-order valence-electron chi connectivity index (χ0n) is 7.66. The third kappa shape index (κ3) is 0.872. The Labute approximate surface area is 71.1 Å². The fraction of sp³-hybridized carbons (Fsp3) is 0.857. The summed E-state index contributed by atoms with van der Waals surface area (Å²) in [7, 11) is 0. The van der Waals surface area contributed by atoms with Gasteiger partial charge in [-0.2, -0.15) is 0 Å². The fourth-order valence-electron chi connectivity index (χ4n) is 1.36. The van der Waals surface area contributed by atoms with Crippen LogP contribution in [-0.4, -0.2) is 32.4 Å². The molecule has 0 atom stereocenters. The topological polar surface area (TPSA) is 63.7 Å². The van der Waals surface area contributed by atoms with Crippen LogP contribution >= 0.6 is 0 Å². The molecule has 0 unspecified atom stereocenters.